The zero-order valence-corrected chi connectivity index (χ0v) is 10.3. The van der Waals surface area contributed by atoms with Gasteiger partial charge in [0.2, 0.25) is 0 Å². The van der Waals surface area contributed by atoms with Crippen molar-refractivity contribution < 1.29 is 32.5 Å². The van der Waals surface area contributed by atoms with Gasteiger partial charge in [0.25, 0.3) is 0 Å². The van der Waals surface area contributed by atoms with Crippen molar-refractivity contribution in [1.29, 1.82) is 0 Å². The van der Waals surface area contributed by atoms with E-state index in [-0.39, 0.29) is 12.4 Å². The van der Waals surface area contributed by atoms with E-state index >= 15 is 0 Å². The largest absolute Gasteiger partial charge is 0.488 e. The summed E-state index contributed by atoms with van der Waals surface area (Å²) in [5.74, 6) is -1.69. The molecule has 0 spiro atoms. The third-order valence-electron chi connectivity index (χ3n) is 2.27. The van der Waals surface area contributed by atoms with Crippen molar-refractivity contribution in [1.82, 2.24) is 0 Å². The van der Waals surface area contributed by atoms with Gasteiger partial charge in [0.15, 0.2) is 0 Å². The van der Waals surface area contributed by atoms with E-state index in [1.807, 2.05) is 0 Å². The van der Waals surface area contributed by atoms with E-state index in [9.17, 15) is 18.0 Å². The highest BCUT2D eigenvalue weighted by atomic mass is 19.4. The van der Waals surface area contributed by atoms with Crippen LogP contribution in [-0.2, 0) is 10.9 Å². The number of carboxylic acids is 1. The van der Waals surface area contributed by atoms with Gasteiger partial charge in [-0.1, -0.05) is 0 Å². The van der Waals surface area contributed by atoms with Crippen LogP contribution in [0, 0.1) is 0 Å². The molecule has 1 unspecified atom stereocenters. The fourth-order valence-corrected chi connectivity index (χ4v) is 1.52. The average Bonchev–Trinajstić information content (AvgIpc) is 2.27. The van der Waals surface area contributed by atoms with E-state index in [1.54, 1.807) is 6.92 Å². The normalized spacial score (nSPS) is 13.1. The van der Waals surface area contributed by atoms with E-state index in [0.29, 0.717) is 6.07 Å². The Kier molecular flexibility index (Phi) is 4.77. The van der Waals surface area contributed by atoms with Gasteiger partial charge in [-0.3, -0.25) is 0 Å². The van der Waals surface area contributed by atoms with E-state index in [1.165, 1.54) is 13.2 Å². The summed E-state index contributed by atoms with van der Waals surface area (Å²) in [5, 5.41) is 8.73. The SMILES string of the molecule is COCC(C)Oc1ccc(C(=O)O)c(C(F)(F)F)c1. The summed E-state index contributed by atoms with van der Waals surface area (Å²) in [6, 6.07) is 2.74. The third kappa shape index (κ3) is 4.13. The maximum absolute atomic E-state index is 12.7. The minimum absolute atomic E-state index is 0.0538. The highest BCUT2D eigenvalue weighted by Crippen LogP contribution is 2.34. The smallest absolute Gasteiger partial charge is 0.417 e. The van der Waals surface area contributed by atoms with Gasteiger partial charge in [-0.15, -0.1) is 0 Å². The van der Waals surface area contributed by atoms with Crippen molar-refractivity contribution in [2.24, 2.45) is 0 Å². The van der Waals surface area contributed by atoms with E-state index in [0.717, 1.165) is 6.07 Å². The molecule has 0 bridgehead atoms. The third-order valence-corrected chi connectivity index (χ3v) is 2.27. The number of benzene rings is 1. The molecule has 0 aliphatic carbocycles. The quantitative estimate of drug-likeness (QED) is 0.899. The molecule has 1 rings (SSSR count). The fraction of sp³-hybridized carbons (Fsp3) is 0.417. The lowest BCUT2D eigenvalue weighted by Gasteiger charge is -2.16. The molecule has 0 radical (unpaired) electrons. The van der Waals surface area contributed by atoms with Crippen LogP contribution in [0.1, 0.15) is 22.8 Å². The molecule has 1 atom stereocenters. The first kappa shape index (κ1) is 15.3. The van der Waals surface area contributed by atoms with Gasteiger partial charge >= 0.3 is 12.1 Å². The second-order valence-corrected chi connectivity index (χ2v) is 3.89. The zero-order chi connectivity index (χ0) is 14.6. The molecule has 106 valence electrons. The molecule has 0 aliphatic heterocycles. The van der Waals surface area contributed by atoms with E-state index in [2.05, 4.69) is 0 Å². The first-order chi connectivity index (χ1) is 8.75. The summed E-state index contributed by atoms with van der Waals surface area (Å²) in [7, 11) is 1.44. The predicted molar refractivity (Wildman–Crippen MR) is 60.4 cm³/mol. The molecule has 0 aromatic heterocycles. The first-order valence-corrected chi connectivity index (χ1v) is 5.36. The Hall–Kier alpha value is -1.76. The Morgan fingerprint density at radius 2 is 2.05 bits per heavy atom. The van der Waals surface area contributed by atoms with Crippen molar-refractivity contribution in [3.8, 4) is 5.75 Å². The molecule has 0 amide bonds. The monoisotopic (exact) mass is 278 g/mol. The number of aromatic carboxylic acids is 1. The molecule has 19 heavy (non-hydrogen) atoms. The van der Waals surface area contributed by atoms with Gasteiger partial charge < -0.3 is 14.6 Å². The summed E-state index contributed by atoms with van der Waals surface area (Å²) in [4.78, 5) is 10.7. The standard InChI is InChI=1S/C12H13F3O4/c1-7(6-18-2)19-8-3-4-9(11(16)17)10(5-8)12(13,14)15/h3-5,7H,6H2,1-2H3,(H,16,17). The minimum atomic E-state index is -4.75. The van der Waals surface area contributed by atoms with E-state index in [4.69, 9.17) is 14.6 Å². The summed E-state index contributed by atoms with van der Waals surface area (Å²) in [5.41, 5.74) is -2.04. The highest BCUT2D eigenvalue weighted by Gasteiger charge is 2.35. The lowest BCUT2D eigenvalue weighted by molar-refractivity contribution is -0.138. The van der Waals surface area contributed by atoms with Gasteiger partial charge in [-0.05, 0) is 25.1 Å². The molecule has 0 saturated heterocycles. The Labute approximate surface area is 107 Å². The van der Waals surface area contributed by atoms with Gasteiger partial charge in [-0.25, -0.2) is 4.79 Å². The lowest BCUT2D eigenvalue weighted by atomic mass is 10.1. The van der Waals surface area contributed by atoms with Crippen molar-refractivity contribution in [2.45, 2.75) is 19.2 Å². The number of ether oxygens (including phenoxy) is 2. The van der Waals surface area contributed by atoms with Crippen molar-refractivity contribution in [3.63, 3.8) is 0 Å². The maximum Gasteiger partial charge on any atom is 0.417 e. The number of hydrogen-bond donors (Lipinski definition) is 1. The predicted octanol–water partition coefficient (Wildman–Crippen LogP) is 2.82. The molecular weight excluding hydrogens is 265 g/mol. The molecule has 1 N–H and O–H groups in total. The van der Waals surface area contributed by atoms with Crippen molar-refractivity contribution in [2.75, 3.05) is 13.7 Å². The Balaban J connectivity index is 3.09. The van der Waals surface area contributed by atoms with Crippen molar-refractivity contribution >= 4 is 5.97 Å². The van der Waals surface area contributed by atoms with Gasteiger partial charge in [-0.2, -0.15) is 13.2 Å². The summed E-state index contributed by atoms with van der Waals surface area (Å²) >= 11 is 0. The molecule has 1 aromatic carbocycles. The minimum Gasteiger partial charge on any atom is -0.488 e. The summed E-state index contributed by atoms with van der Waals surface area (Å²) in [6.45, 7) is 1.84. The van der Waals surface area contributed by atoms with Crippen LogP contribution in [0.3, 0.4) is 0 Å². The van der Waals surface area contributed by atoms with Gasteiger partial charge in [0.05, 0.1) is 17.7 Å². The Morgan fingerprint density at radius 1 is 1.42 bits per heavy atom. The maximum atomic E-state index is 12.7. The Bertz CT molecular complexity index is 457. The molecule has 0 heterocycles. The number of halogens is 3. The van der Waals surface area contributed by atoms with Gasteiger partial charge in [0.1, 0.15) is 11.9 Å². The molecule has 0 aliphatic rings. The molecule has 7 heteroatoms. The number of carboxylic acid groups (broad SMARTS) is 1. The molecule has 4 nitrogen and oxygen atoms in total. The van der Waals surface area contributed by atoms with Crippen LogP contribution in [0.5, 0.6) is 5.75 Å². The Morgan fingerprint density at radius 3 is 2.53 bits per heavy atom. The van der Waals surface area contributed by atoms with Crippen molar-refractivity contribution in [3.05, 3.63) is 29.3 Å². The highest BCUT2D eigenvalue weighted by molar-refractivity contribution is 5.89. The van der Waals surface area contributed by atoms with Crippen LogP contribution in [0.4, 0.5) is 13.2 Å². The van der Waals surface area contributed by atoms with Gasteiger partial charge in [0, 0.05) is 7.11 Å². The summed E-state index contributed by atoms with van der Waals surface area (Å²) in [6.07, 6.45) is -5.20. The topological polar surface area (TPSA) is 55.8 Å². The molecule has 1 aromatic rings. The van der Waals surface area contributed by atoms with Crippen LogP contribution in [0.15, 0.2) is 18.2 Å². The number of hydrogen-bond acceptors (Lipinski definition) is 3. The fourth-order valence-electron chi connectivity index (χ4n) is 1.52. The van der Waals surface area contributed by atoms with Crippen LogP contribution in [0.2, 0.25) is 0 Å². The zero-order valence-electron chi connectivity index (χ0n) is 10.3. The first-order valence-electron chi connectivity index (χ1n) is 5.36. The molecular formula is C12H13F3O4. The number of carbonyl (C=O) groups is 1. The summed E-state index contributed by atoms with van der Waals surface area (Å²) < 4.78 is 48.2. The van der Waals surface area contributed by atoms with E-state index < -0.39 is 29.4 Å². The van der Waals surface area contributed by atoms with Crippen LogP contribution < -0.4 is 4.74 Å². The van der Waals surface area contributed by atoms with Crippen LogP contribution in [-0.4, -0.2) is 30.9 Å². The average molecular weight is 278 g/mol. The van der Waals surface area contributed by atoms with Crippen LogP contribution in [0.25, 0.3) is 0 Å². The second kappa shape index (κ2) is 5.92. The molecule has 0 fully saturated rings. The number of methoxy groups -OCH3 is 1. The number of rotatable bonds is 5. The second-order valence-electron chi connectivity index (χ2n) is 3.89. The van der Waals surface area contributed by atoms with Crippen LogP contribution >= 0.6 is 0 Å². The number of alkyl halides is 3. The lowest BCUT2D eigenvalue weighted by Crippen LogP contribution is -2.19. The molecule has 0 saturated carbocycles.